The Kier molecular flexibility index (Phi) is 13.2. The van der Waals surface area contributed by atoms with E-state index in [2.05, 4.69) is 159 Å². The molecule has 0 atom stereocenters. The third-order valence-corrected chi connectivity index (χ3v) is 11.9. The second kappa shape index (κ2) is 18.2. The molecule has 0 radical (unpaired) electrons. The number of carboxylic acids is 1. The maximum Gasteiger partial charge on any atom is 0.303 e. The van der Waals surface area contributed by atoms with Crippen LogP contribution in [-0.4, -0.2) is 80.0 Å². The number of nitrogens with zero attached hydrogens (tertiary/aromatic N) is 6. The zero-order valence-electron chi connectivity index (χ0n) is 34.7. The van der Waals surface area contributed by atoms with Crippen molar-refractivity contribution in [2.24, 2.45) is 4.99 Å². The van der Waals surface area contributed by atoms with E-state index in [1.54, 1.807) is 0 Å². The van der Waals surface area contributed by atoms with Crippen molar-refractivity contribution in [2.45, 2.75) is 58.4 Å². The first-order chi connectivity index (χ1) is 27.0. The van der Waals surface area contributed by atoms with Gasteiger partial charge in [-0.3, -0.25) is 9.79 Å². The van der Waals surface area contributed by atoms with Crippen LogP contribution in [0.1, 0.15) is 51.9 Å². The first-order valence-corrected chi connectivity index (χ1v) is 20.9. The summed E-state index contributed by atoms with van der Waals surface area (Å²) < 4.78 is 4.86. The lowest BCUT2D eigenvalue weighted by Crippen LogP contribution is -2.36. The van der Waals surface area contributed by atoms with Gasteiger partial charge in [-0.05, 0) is 86.3 Å². The molecule has 56 heavy (non-hydrogen) atoms. The average Bonchev–Trinajstić information content (AvgIpc) is 3.18. The molecule has 0 amide bonds. The lowest BCUT2D eigenvalue weighted by Gasteiger charge is -2.20. The summed E-state index contributed by atoms with van der Waals surface area (Å²) in [6, 6.07) is 26.9. The standard InChI is InChI=1S/C46H59N7O2S/c1-9-10-24-47-46-38-22-18-34(51(6)7)30-42(38)56-43-31-35(19-23-39(43)46)52(8)26-13-11-12-25-48-45-36-20-16-32(49(2)3)28-40(36)53(27-14-15-44(54)55)41-29-33(50(4)5)17-21-37(41)45/h16-23,28-31H,9-15,24-27H2,1-8H3,(H,54,55)/p+1. The number of pyridine rings is 1. The Bertz CT molecular complexity index is 2330. The van der Waals surface area contributed by atoms with Gasteiger partial charge in [-0.1, -0.05) is 13.3 Å². The minimum atomic E-state index is -0.764. The van der Waals surface area contributed by atoms with Crippen molar-refractivity contribution >= 4 is 87.7 Å². The highest BCUT2D eigenvalue weighted by molar-refractivity contribution is 7.24. The van der Waals surface area contributed by atoms with Crippen LogP contribution in [0.3, 0.4) is 0 Å². The molecule has 0 aliphatic carbocycles. The number of rotatable bonds is 18. The highest BCUT2D eigenvalue weighted by Crippen LogP contribution is 2.34. The van der Waals surface area contributed by atoms with Gasteiger partial charge in [0.1, 0.15) is 6.54 Å². The molecule has 4 aromatic carbocycles. The second-order valence-corrected chi connectivity index (χ2v) is 16.6. The molecule has 9 nitrogen and oxygen atoms in total. The minimum absolute atomic E-state index is 0.137. The lowest BCUT2D eigenvalue weighted by atomic mass is 10.0. The van der Waals surface area contributed by atoms with Gasteiger partial charge in [0.05, 0.1) is 28.2 Å². The molecular formula is C46H60N7O2S+. The first kappa shape index (κ1) is 40.6. The van der Waals surface area contributed by atoms with Gasteiger partial charge in [0.2, 0.25) is 11.0 Å². The highest BCUT2D eigenvalue weighted by atomic mass is 32.1. The summed E-state index contributed by atoms with van der Waals surface area (Å²) in [5.74, 6) is -0.764. The van der Waals surface area contributed by atoms with Crippen molar-refractivity contribution < 1.29 is 14.5 Å². The molecule has 0 saturated heterocycles. The number of carboxylic acid groups (broad SMARTS) is 1. The molecule has 0 bridgehead atoms. The summed E-state index contributed by atoms with van der Waals surface area (Å²) in [5, 5.41) is 19.2. The van der Waals surface area contributed by atoms with Crippen molar-refractivity contribution in [2.75, 3.05) is 93.9 Å². The van der Waals surface area contributed by atoms with Crippen LogP contribution in [0, 0.1) is 0 Å². The predicted octanol–water partition coefficient (Wildman–Crippen LogP) is 9.13. The van der Waals surface area contributed by atoms with Crippen LogP contribution in [0.4, 0.5) is 28.4 Å². The Balaban J connectivity index is 1.19. The number of hydrogen-bond donors (Lipinski definition) is 2. The predicted molar refractivity (Wildman–Crippen MR) is 242 cm³/mol. The molecule has 0 unspecified atom stereocenters. The maximum atomic E-state index is 11.5. The van der Waals surface area contributed by atoms with Gasteiger partial charge in [-0.15, -0.1) is 11.3 Å². The van der Waals surface area contributed by atoms with Crippen LogP contribution in [0.15, 0.2) is 77.8 Å². The molecule has 0 fully saturated rings. The number of unbranched alkanes of at least 4 members (excludes halogenated alkanes) is 3. The van der Waals surface area contributed by atoms with Gasteiger partial charge in [-0.2, -0.15) is 4.57 Å². The normalized spacial score (nSPS) is 11.9. The van der Waals surface area contributed by atoms with E-state index in [9.17, 15) is 9.90 Å². The van der Waals surface area contributed by atoms with Crippen molar-refractivity contribution in [1.82, 2.24) is 0 Å². The van der Waals surface area contributed by atoms with E-state index in [4.69, 9.17) is 4.99 Å². The fraction of sp³-hybridized carbons (Fsp3) is 0.413. The van der Waals surface area contributed by atoms with Gasteiger partial charge >= 0.3 is 5.97 Å². The fourth-order valence-electron chi connectivity index (χ4n) is 7.43. The second-order valence-electron chi connectivity index (χ2n) is 15.6. The van der Waals surface area contributed by atoms with E-state index in [0.29, 0.717) is 13.0 Å². The SMILES string of the molecule is CCCCN=c1c2ccc(N(C)C)cc2sc2cc(N(C)CCCCCNc3c4ccc(N(C)C)cc4[n+](CCCC(=O)O)c4cc(N(C)C)ccc34)ccc12. The molecular weight excluding hydrogens is 715 g/mol. The quantitative estimate of drug-likeness (QED) is 0.0513. The number of aromatic nitrogens is 1. The van der Waals surface area contributed by atoms with Gasteiger partial charge in [-0.25, -0.2) is 0 Å². The zero-order valence-corrected chi connectivity index (χ0v) is 35.5. The average molecular weight is 775 g/mol. The van der Waals surface area contributed by atoms with Crippen LogP contribution in [0.5, 0.6) is 0 Å². The maximum absolute atomic E-state index is 11.5. The van der Waals surface area contributed by atoms with Gasteiger partial charge in [0.15, 0.2) is 0 Å². The minimum Gasteiger partial charge on any atom is -0.481 e. The summed E-state index contributed by atoms with van der Waals surface area (Å²) >= 11 is 1.86. The number of nitrogens with one attached hydrogen (secondary N) is 1. The molecule has 2 heterocycles. The summed E-state index contributed by atoms with van der Waals surface area (Å²) in [6.07, 6.45) is 6.19. The molecule has 0 saturated carbocycles. The molecule has 6 rings (SSSR count). The van der Waals surface area contributed by atoms with E-state index in [1.807, 2.05) is 11.3 Å². The van der Waals surface area contributed by atoms with E-state index >= 15 is 0 Å². The Hall–Kier alpha value is -5.09. The number of anilines is 5. The van der Waals surface area contributed by atoms with Crippen LogP contribution >= 0.6 is 11.3 Å². The number of fused-ring (bicyclic) bond motifs is 4. The monoisotopic (exact) mass is 774 g/mol. The van der Waals surface area contributed by atoms with Gasteiger partial charge < -0.3 is 30.0 Å². The van der Waals surface area contributed by atoms with Crippen LogP contribution in [0.2, 0.25) is 0 Å². The molecule has 6 aromatic rings. The van der Waals surface area contributed by atoms with E-state index in [0.717, 1.165) is 96.0 Å². The topological polar surface area (TPSA) is 78.5 Å². The third kappa shape index (κ3) is 9.13. The van der Waals surface area contributed by atoms with Crippen LogP contribution < -0.4 is 34.8 Å². The van der Waals surface area contributed by atoms with Gasteiger partial charge in [0.25, 0.3) is 0 Å². The number of carbonyl (C=O) groups is 1. The Morgan fingerprint density at radius 1 is 0.679 bits per heavy atom. The van der Waals surface area contributed by atoms with Crippen LogP contribution in [0.25, 0.3) is 42.0 Å². The molecule has 0 aliphatic heterocycles. The smallest absolute Gasteiger partial charge is 0.303 e. The third-order valence-electron chi connectivity index (χ3n) is 10.8. The number of aliphatic carboxylic acids is 1. The first-order valence-electron chi connectivity index (χ1n) is 20.1. The largest absolute Gasteiger partial charge is 0.481 e. The van der Waals surface area contributed by atoms with Crippen molar-refractivity contribution in [3.8, 4) is 0 Å². The Labute approximate surface area is 336 Å². The zero-order chi connectivity index (χ0) is 39.9. The Morgan fingerprint density at radius 3 is 1.77 bits per heavy atom. The summed E-state index contributed by atoms with van der Waals surface area (Å²) in [7, 11) is 14.6. The fourth-order valence-corrected chi connectivity index (χ4v) is 8.58. The Morgan fingerprint density at radius 2 is 1.21 bits per heavy atom. The van der Waals surface area contributed by atoms with E-state index < -0.39 is 5.97 Å². The summed E-state index contributed by atoms with van der Waals surface area (Å²) in [6.45, 7) is 5.55. The van der Waals surface area contributed by atoms with E-state index in [-0.39, 0.29) is 6.42 Å². The number of aryl methyl sites for hydroxylation is 1. The summed E-state index contributed by atoms with van der Waals surface area (Å²) in [5.41, 5.74) is 8.03. The van der Waals surface area contributed by atoms with Crippen LogP contribution in [-0.2, 0) is 11.3 Å². The molecule has 2 N–H and O–H groups in total. The summed E-state index contributed by atoms with van der Waals surface area (Å²) in [4.78, 5) is 25.4. The van der Waals surface area contributed by atoms with Crippen molar-refractivity contribution in [3.63, 3.8) is 0 Å². The van der Waals surface area contributed by atoms with Gasteiger partial charge in [0, 0.05) is 130 Å². The molecule has 10 heteroatoms. The molecule has 0 spiro atoms. The van der Waals surface area contributed by atoms with Crippen molar-refractivity contribution in [1.29, 1.82) is 0 Å². The number of benzene rings is 4. The highest BCUT2D eigenvalue weighted by Gasteiger charge is 2.22. The van der Waals surface area contributed by atoms with Crippen molar-refractivity contribution in [3.05, 3.63) is 78.2 Å². The lowest BCUT2D eigenvalue weighted by molar-refractivity contribution is -0.645. The molecule has 296 valence electrons. The molecule has 0 aliphatic rings. The molecule has 2 aromatic heterocycles. The van der Waals surface area contributed by atoms with E-state index in [1.165, 1.54) is 31.5 Å². The number of hydrogen-bond acceptors (Lipinski definition) is 8.